The molecule has 2 unspecified atom stereocenters. The number of carbonyl (C=O) groups is 3. The van der Waals surface area contributed by atoms with Gasteiger partial charge in [-0.25, -0.2) is 13.9 Å². The Morgan fingerprint density at radius 3 is 2.05 bits per heavy atom. The number of ether oxygens (including phenoxy) is 3. The second-order valence-corrected chi connectivity index (χ2v) is 24.7. The third kappa shape index (κ3) is 34.2. The van der Waals surface area contributed by atoms with Crippen LogP contribution in [-0.2, 0) is 51.1 Å². The molecule has 0 radical (unpaired) electrons. The topological polar surface area (TPSA) is 349 Å². The molecule has 0 saturated carbocycles. The van der Waals surface area contributed by atoms with E-state index in [1.807, 2.05) is 18.2 Å². The normalized spacial score (nSPS) is 19.9. The second-order valence-electron chi connectivity index (χ2n) is 20.5. The van der Waals surface area contributed by atoms with Crippen molar-refractivity contribution in [3.8, 4) is 0 Å². The Labute approximate surface area is 477 Å². The zero-order chi connectivity index (χ0) is 59.2. The molecule has 2 rings (SSSR count). The molecule has 1 fully saturated rings. The smallest absolute Gasteiger partial charge is 0.481 e. The fourth-order valence-electron chi connectivity index (χ4n) is 8.29. The lowest BCUT2D eigenvalue weighted by Crippen LogP contribution is -2.38. The summed E-state index contributed by atoms with van der Waals surface area (Å²) in [5.41, 5.74) is 10.8. The van der Waals surface area contributed by atoms with E-state index in [1.54, 1.807) is 18.2 Å². The lowest BCUT2D eigenvalue weighted by Gasteiger charge is -2.23. The fraction of sp³-hybridized carbons (Fsp3) is 0.727. The number of aliphatic hydroxyl groups excluding tert-OH is 3. The molecule has 1 aliphatic heterocycles. The number of anilines is 1. The van der Waals surface area contributed by atoms with E-state index in [-0.39, 0.29) is 37.3 Å². The number of aliphatic carboxylic acids is 1. The van der Waals surface area contributed by atoms with Crippen molar-refractivity contribution in [2.45, 2.75) is 223 Å². The molecule has 1 aliphatic rings. The second kappa shape index (κ2) is 42.3. The summed E-state index contributed by atoms with van der Waals surface area (Å²) in [6.45, 7) is 3.96. The number of allylic oxidation sites excluding steroid dienone is 7. The minimum atomic E-state index is -5.55. The number of unbranched alkanes of at least 4 members (excludes halogenated alkanes) is 16. The number of carboxylic acid groups (broad SMARTS) is 1. The van der Waals surface area contributed by atoms with Crippen molar-refractivity contribution in [3.63, 3.8) is 0 Å². The number of carbonyl (C=O) groups excluding carboxylic acids is 2. The summed E-state index contributed by atoms with van der Waals surface area (Å²) in [4.78, 5) is 74.1. The Kier molecular flexibility index (Phi) is 38.4. The van der Waals surface area contributed by atoms with Crippen molar-refractivity contribution >= 4 is 51.1 Å². The van der Waals surface area contributed by atoms with Crippen molar-refractivity contribution in [3.05, 3.63) is 71.4 Å². The number of carboxylic acids is 1. The van der Waals surface area contributed by atoms with Gasteiger partial charge in [0.05, 0.1) is 19.3 Å². The molecule has 0 spiro atoms. The van der Waals surface area contributed by atoms with Crippen LogP contribution in [0.1, 0.15) is 181 Å². The molecule has 2 heterocycles. The minimum Gasteiger partial charge on any atom is -0.481 e. The molecular weight excluding hydrogens is 1100 g/mol. The van der Waals surface area contributed by atoms with Crippen molar-refractivity contribution < 1.29 is 81.3 Å². The Hall–Kier alpha value is -3.54. The summed E-state index contributed by atoms with van der Waals surface area (Å²) in [5.74, 6) is -2.17. The summed E-state index contributed by atoms with van der Waals surface area (Å²) in [6.07, 6.45) is 29.5. The van der Waals surface area contributed by atoms with Crippen LogP contribution in [0.5, 0.6) is 0 Å². The number of aromatic nitrogens is 2. The standard InChI is InChI=1S/C55H94N4O18P2S/c1-4-5-6-7-8-9-10-16-19-22-25-28-33-47(45(60)32-30-34-49(61)62)80-41-44(56)54(66)72-38-43(75-50(63)35-29-26-23-20-17-14-12-11-13-15-18-21-24-27-31-42(2)3)39-73-78(68,69)77-79(70,71)74-40-46-51(64)52(65)53(76-46)59-37-36-48(57)58-55(59)67/h8-9,16,19,22,25,28,33,36-37,42-47,51-53,60,64-65H,4-7,10-15,17-18,20-21,23-24,26-27,29-32,34-35,38-41,56H2,1-3H3,(H,61,62)(H,68,69)(H,70,71)(H2,57,58,67)/b9-8-,19-16-,25-22+,33-28+/t43-,44+,45+,46-,47-,51-,52-,53-/m1/s1. The SMILES string of the molecule is CCCCC/C=C\C\C=C/C=C/C=C/[C@@H](SC[C@H](N)C(=O)OC[C@H](COP(=O)(O)OP(=O)(O)OC[C@H]1O[C@@H](n2ccc(N)nc2=O)[C@H](O)[C@@H]1O)OC(=O)CCCCCCCCCCCCCCCCC(C)C)[C@@H](O)CCCC(=O)O. The molecule has 25 heteroatoms. The van der Waals surface area contributed by atoms with Gasteiger partial charge >= 0.3 is 39.2 Å². The molecule has 0 aromatic carbocycles. The van der Waals surface area contributed by atoms with Crippen molar-refractivity contribution in [2.75, 3.05) is 31.3 Å². The van der Waals surface area contributed by atoms with E-state index in [0.717, 1.165) is 79.8 Å². The van der Waals surface area contributed by atoms with E-state index < -0.39 is 107 Å². The number of aliphatic hydroxyl groups is 3. The quantitative estimate of drug-likeness (QED) is 0.00990. The van der Waals surface area contributed by atoms with Crippen LogP contribution < -0.4 is 17.2 Å². The van der Waals surface area contributed by atoms with E-state index in [2.05, 4.69) is 42.2 Å². The molecule has 10 N–H and O–H groups in total. The number of nitrogens with zero attached hydrogens (tertiary/aromatic N) is 2. The summed E-state index contributed by atoms with van der Waals surface area (Å²) in [5, 5.41) is 40.5. The number of hydrogen-bond acceptors (Lipinski definition) is 19. The van der Waals surface area contributed by atoms with Gasteiger partial charge in [-0.2, -0.15) is 9.29 Å². The Balaban J connectivity index is 2.02. The van der Waals surface area contributed by atoms with Crippen molar-refractivity contribution in [1.82, 2.24) is 9.55 Å². The van der Waals surface area contributed by atoms with Crippen LogP contribution in [0.15, 0.2) is 65.7 Å². The van der Waals surface area contributed by atoms with Gasteiger partial charge in [-0.1, -0.05) is 172 Å². The first-order valence-corrected chi connectivity index (χ1v) is 32.5. The maximum atomic E-state index is 13.2. The highest BCUT2D eigenvalue weighted by atomic mass is 32.2. The Morgan fingerprint density at radius 2 is 1.43 bits per heavy atom. The van der Waals surface area contributed by atoms with E-state index in [4.69, 9.17) is 39.8 Å². The number of nitrogens with two attached hydrogens (primary N) is 2. The zero-order valence-electron chi connectivity index (χ0n) is 47.2. The molecular formula is C55H94N4O18P2S. The number of phosphoric acid groups is 2. The average molecular weight is 1190 g/mol. The molecule has 0 bridgehead atoms. The van der Waals surface area contributed by atoms with Gasteiger partial charge in [0.15, 0.2) is 12.3 Å². The first-order chi connectivity index (χ1) is 38.1. The highest BCUT2D eigenvalue weighted by Gasteiger charge is 2.46. The molecule has 0 amide bonds. The van der Waals surface area contributed by atoms with Crippen LogP contribution >= 0.6 is 27.4 Å². The van der Waals surface area contributed by atoms with Gasteiger partial charge in [0.25, 0.3) is 0 Å². The summed E-state index contributed by atoms with van der Waals surface area (Å²) in [7, 11) is -11.1. The maximum absolute atomic E-state index is 13.2. The highest BCUT2D eigenvalue weighted by molar-refractivity contribution is 8.00. The molecule has 1 aromatic heterocycles. The minimum absolute atomic E-state index is 0.0507. The zero-order valence-corrected chi connectivity index (χ0v) is 49.8. The maximum Gasteiger partial charge on any atom is 0.481 e. The van der Waals surface area contributed by atoms with Gasteiger partial charge in [-0.15, -0.1) is 11.8 Å². The van der Waals surface area contributed by atoms with Gasteiger partial charge in [0.1, 0.15) is 36.8 Å². The monoisotopic (exact) mass is 1190 g/mol. The van der Waals surface area contributed by atoms with E-state index >= 15 is 0 Å². The Morgan fingerprint density at radius 1 is 0.800 bits per heavy atom. The van der Waals surface area contributed by atoms with Gasteiger partial charge < -0.3 is 55.9 Å². The fourth-order valence-corrected chi connectivity index (χ4v) is 11.5. The summed E-state index contributed by atoms with van der Waals surface area (Å²) >= 11 is 1.12. The molecule has 80 heavy (non-hydrogen) atoms. The van der Waals surface area contributed by atoms with E-state index in [1.165, 1.54) is 76.7 Å². The van der Waals surface area contributed by atoms with E-state index in [0.29, 0.717) is 6.42 Å². The van der Waals surface area contributed by atoms with Gasteiger partial charge in [-0.3, -0.25) is 28.0 Å². The third-order valence-corrected chi connectivity index (χ3v) is 16.9. The number of esters is 2. The van der Waals surface area contributed by atoms with Crippen LogP contribution in [0.4, 0.5) is 5.82 Å². The van der Waals surface area contributed by atoms with Crippen molar-refractivity contribution in [1.29, 1.82) is 0 Å². The predicted octanol–water partition coefficient (Wildman–Crippen LogP) is 9.29. The molecule has 0 aliphatic carbocycles. The largest absolute Gasteiger partial charge is 0.481 e. The molecule has 22 nitrogen and oxygen atoms in total. The van der Waals surface area contributed by atoms with Crippen LogP contribution in [0.25, 0.3) is 0 Å². The molecule has 458 valence electrons. The van der Waals surface area contributed by atoms with Crippen LogP contribution in [0, 0.1) is 5.92 Å². The molecule has 1 aromatic rings. The van der Waals surface area contributed by atoms with Crippen LogP contribution in [0.2, 0.25) is 0 Å². The van der Waals surface area contributed by atoms with E-state index in [9.17, 15) is 53.4 Å². The number of hydrogen-bond donors (Lipinski definition) is 8. The van der Waals surface area contributed by atoms with Crippen LogP contribution in [-0.4, -0.2) is 125 Å². The average Bonchev–Trinajstić information content (AvgIpc) is 3.67. The van der Waals surface area contributed by atoms with Gasteiger partial charge in [0, 0.05) is 30.0 Å². The summed E-state index contributed by atoms with van der Waals surface area (Å²) in [6, 6.07) is -0.0714. The lowest BCUT2D eigenvalue weighted by molar-refractivity contribution is -0.161. The van der Waals surface area contributed by atoms with Crippen LogP contribution in [0.3, 0.4) is 0 Å². The lowest BCUT2D eigenvalue weighted by atomic mass is 10.0. The van der Waals surface area contributed by atoms with Crippen molar-refractivity contribution in [2.24, 2.45) is 11.7 Å². The predicted molar refractivity (Wildman–Crippen MR) is 308 cm³/mol. The Bertz CT molecular complexity index is 2180. The van der Waals surface area contributed by atoms with Gasteiger partial charge in [-0.05, 0) is 50.5 Å². The highest BCUT2D eigenvalue weighted by Crippen LogP contribution is 2.60. The summed E-state index contributed by atoms with van der Waals surface area (Å²) < 4.78 is 57.1. The number of nitrogen functional groups attached to an aromatic ring is 1. The number of phosphoric ester groups is 2. The first kappa shape index (κ1) is 72.6. The molecule has 1 saturated heterocycles. The first-order valence-electron chi connectivity index (χ1n) is 28.4. The number of rotatable bonds is 47. The molecule has 10 atom stereocenters. The number of thioether (sulfide) groups is 1. The van der Waals surface area contributed by atoms with Gasteiger partial charge in [0.2, 0.25) is 0 Å². The third-order valence-electron chi connectivity index (χ3n) is 12.8.